The first-order valence-electron chi connectivity index (χ1n) is 8.48. The van der Waals surface area contributed by atoms with E-state index in [0.29, 0.717) is 44.4 Å². The molecule has 3 heterocycles. The van der Waals surface area contributed by atoms with Crippen LogP contribution in [0.4, 0.5) is 5.95 Å². The lowest BCUT2D eigenvalue weighted by molar-refractivity contribution is -0.137. The second kappa shape index (κ2) is 7.12. The third kappa shape index (κ3) is 3.38. The van der Waals surface area contributed by atoms with Gasteiger partial charge in [-0.3, -0.25) is 14.9 Å². The maximum absolute atomic E-state index is 12.1. The van der Waals surface area contributed by atoms with E-state index in [1.54, 1.807) is 21.7 Å². The maximum Gasteiger partial charge on any atom is 0.260 e. The molecule has 9 nitrogen and oxygen atoms in total. The largest absolute Gasteiger partial charge is 0.484 e. The van der Waals surface area contributed by atoms with Gasteiger partial charge >= 0.3 is 0 Å². The number of ether oxygens (including phenoxy) is 2. The molecule has 26 heavy (non-hydrogen) atoms. The second-order valence-electron chi connectivity index (χ2n) is 6.15. The van der Waals surface area contributed by atoms with Crippen LogP contribution < -0.4 is 10.1 Å². The molecule has 2 aliphatic heterocycles. The minimum Gasteiger partial charge on any atom is -0.484 e. The van der Waals surface area contributed by atoms with Gasteiger partial charge in [0, 0.05) is 13.1 Å². The Kier molecular flexibility index (Phi) is 4.53. The normalized spacial score (nSPS) is 19.6. The molecule has 0 spiro atoms. The summed E-state index contributed by atoms with van der Waals surface area (Å²) in [7, 11) is 0. The number of carbonyl (C=O) groups is 2. The van der Waals surface area contributed by atoms with E-state index >= 15 is 0 Å². The van der Waals surface area contributed by atoms with Crippen molar-refractivity contribution in [3.63, 3.8) is 0 Å². The van der Waals surface area contributed by atoms with Gasteiger partial charge < -0.3 is 14.4 Å². The molecule has 136 valence electrons. The average molecular weight is 357 g/mol. The highest BCUT2D eigenvalue weighted by atomic mass is 16.5. The molecule has 2 aliphatic rings. The van der Waals surface area contributed by atoms with E-state index in [1.807, 2.05) is 12.1 Å². The summed E-state index contributed by atoms with van der Waals surface area (Å²) in [6.07, 6.45) is 1.72. The number of fused-ring (bicyclic) bond motifs is 1. The van der Waals surface area contributed by atoms with Crippen LogP contribution in [0.15, 0.2) is 30.6 Å². The van der Waals surface area contributed by atoms with Crippen molar-refractivity contribution in [2.75, 3.05) is 38.2 Å². The van der Waals surface area contributed by atoms with Crippen molar-refractivity contribution in [1.29, 1.82) is 0 Å². The minimum absolute atomic E-state index is 0.00158. The number of anilines is 1. The van der Waals surface area contributed by atoms with Crippen LogP contribution in [-0.4, -0.2) is 64.4 Å². The number of hydrogen-bond donors (Lipinski definition) is 1. The van der Waals surface area contributed by atoms with Gasteiger partial charge in [0.15, 0.2) is 6.61 Å². The van der Waals surface area contributed by atoms with Gasteiger partial charge in [-0.2, -0.15) is 10.1 Å². The highest BCUT2D eigenvalue weighted by molar-refractivity contribution is 5.91. The molecular weight excluding hydrogens is 338 g/mol. The first-order valence-corrected chi connectivity index (χ1v) is 8.48. The number of morpholine rings is 1. The Bertz CT molecular complexity index is 798. The van der Waals surface area contributed by atoms with Crippen molar-refractivity contribution in [2.45, 2.75) is 12.5 Å². The summed E-state index contributed by atoms with van der Waals surface area (Å²) in [5, 5.41) is 6.87. The lowest BCUT2D eigenvalue weighted by Gasteiger charge is -2.26. The van der Waals surface area contributed by atoms with Crippen molar-refractivity contribution < 1.29 is 19.1 Å². The molecule has 0 radical (unpaired) electrons. The van der Waals surface area contributed by atoms with Gasteiger partial charge in [-0.15, -0.1) is 0 Å². The molecule has 0 saturated carbocycles. The number of benzene rings is 1. The lowest BCUT2D eigenvalue weighted by atomic mass is 10.0. The Morgan fingerprint density at radius 2 is 2.04 bits per heavy atom. The van der Waals surface area contributed by atoms with Crippen molar-refractivity contribution in [2.24, 2.45) is 0 Å². The van der Waals surface area contributed by atoms with Gasteiger partial charge in [0.1, 0.15) is 12.1 Å². The summed E-state index contributed by atoms with van der Waals surface area (Å²) < 4.78 is 12.5. The second-order valence-corrected chi connectivity index (χ2v) is 6.15. The fourth-order valence-corrected chi connectivity index (χ4v) is 3.10. The molecular formula is C17H19N5O4. The van der Waals surface area contributed by atoms with Crippen molar-refractivity contribution in [1.82, 2.24) is 19.7 Å². The van der Waals surface area contributed by atoms with Crippen LogP contribution in [0, 0.1) is 0 Å². The third-order valence-corrected chi connectivity index (χ3v) is 4.49. The minimum atomic E-state index is -0.203. The first-order chi connectivity index (χ1) is 12.7. The van der Waals surface area contributed by atoms with Crippen LogP contribution in [-0.2, 0) is 14.3 Å². The lowest BCUT2D eigenvalue weighted by Crippen LogP contribution is -2.42. The zero-order valence-corrected chi connectivity index (χ0v) is 14.1. The molecule has 1 aromatic carbocycles. The summed E-state index contributed by atoms with van der Waals surface area (Å²) in [6.45, 7) is 2.34. The molecule has 0 aliphatic carbocycles. The summed E-state index contributed by atoms with van der Waals surface area (Å²) in [6, 6.07) is 7.15. The number of rotatable bonds is 4. The van der Waals surface area contributed by atoms with Gasteiger partial charge in [0.2, 0.25) is 11.9 Å². The standard InChI is InChI=1S/C17H19N5O4/c23-15-9-14(22-17(20-15)18-11-19-22)12-1-3-13(4-2-12)26-10-16(24)21-5-7-25-8-6-21/h1-4,11,14H,5-10H2,(H,18,19,20,23)/t14-/m0/s1. The van der Waals surface area contributed by atoms with Crippen molar-refractivity contribution in [3.8, 4) is 5.75 Å². The quantitative estimate of drug-likeness (QED) is 0.853. The molecule has 9 heteroatoms. The molecule has 1 aromatic heterocycles. The Morgan fingerprint density at radius 3 is 2.81 bits per heavy atom. The summed E-state index contributed by atoms with van der Waals surface area (Å²) in [4.78, 5) is 29.7. The van der Waals surface area contributed by atoms with Crippen LogP contribution >= 0.6 is 0 Å². The monoisotopic (exact) mass is 357 g/mol. The number of nitrogens with one attached hydrogen (secondary N) is 1. The van der Waals surface area contributed by atoms with Crippen molar-refractivity contribution in [3.05, 3.63) is 36.2 Å². The third-order valence-electron chi connectivity index (χ3n) is 4.49. The molecule has 1 saturated heterocycles. The summed E-state index contributed by atoms with van der Waals surface area (Å²) in [5.41, 5.74) is 0.929. The zero-order chi connectivity index (χ0) is 17.9. The molecule has 2 aromatic rings. The van der Waals surface area contributed by atoms with Crippen LogP contribution in [0.3, 0.4) is 0 Å². The van der Waals surface area contributed by atoms with E-state index in [0.717, 1.165) is 5.56 Å². The molecule has 0 bridgehead atoms. The van der Waals surface area contributed by atoms with Gasteiger partial charge in [-0.25, -0.2) is 4.68 Å². The highest BCUT2D eigenvalue weighted by Gasteiger charge is 2.27. The molecule has 1 N–H and O–H groups in total. The fraction of sp³-hybridized carbons (Fsp3) is 0.412. The Morgan fingerprint density at radius 1 is 1.27 bits per heavy atom. The maximum atomic E-state index is 12.1. The van der Waals surface area contributed by atoms with E-state index < -0.39 is 0 Å². The number of nitrogens with zero attached hydrogens (tertiary/aromatic N) is 4. The molecule has 1 fully saturated rings. The number of aromatic nitrogens is 3. The van der Waals surface area contributed by atoms with Gasteiger partial charge in [0.25, 0.3) is 5.91 Å². The predicted octanol–water partition coefficient (Wildman–Crippen LogP) is 0.447. The Labute approximate surface area is 149 Å². The van der Waals surface area contributed by atoms with E-state index in [1.165, 1.54) is 6.33 Å². The molecule has 2 amide bonds. The molecule has 0 unspecified atom stereocenters. The zero-order valence-electron chi connectivity index (χ0n) is 14.1. The summed E-state index contributed by atoms with van der Waals surface area (Å²) >= 11 is 0. The molecule has 4 rings (SSSR count). The smallest absolute Gasteiger partial charge is 0.260 e. The van der Waals surface area contributed by atoms with E-state index in [-0.39, 0.29) is 24.5 Å². The summed E-state index contributed by atoms with van der Waals surface area (Å²) in [5.74, 6) is 0.914. The average Bonchev–Trinajstić information content (AvgIpc) is 3.15. The van der Waals surface area contributed by atoms with E-state index in [9.17, 15) is 9.59 Å². The van der Waals surface area contributed by atoms with Gasteiger partial charge in [-0.1, -0.05) is 12.1 Å². The van der Waals surface area contributed by atoms with Crippen molar-refractivity contribution >= 4 is 17.8 Å². The Hall–Kier alpha value is -2.94. The van der Waals surface area contributed by atoms with Crippen LogP contribution in [0.1, 0.15) is 18.0 Å². The van der Waals surface area contributed by atoms with Crippen LogP contribution in [0.25, 0.3) is 0 Å². The fourth-order valence-electron chi connectivity index (χ4n) is 3.10. The molecule has 1 atom stereocenters. The van der Waals surface area contributed by atoms with E-state index in [2.05, 4.69) is 15.4 Å². The Balaban J connectivity index is 1.40. The number of hydrogen-bond acceptors (Lipinski definition) is 6. The highest BCUT2D eigenvalue weighted by Crippen LogP contribution is 2.29. The van der Waals surface area contributed by atoms with Crippen LogP contribution in [0.5, 0.6) is 5.75 Å². The van der Waals surface area contributed by atoms with Crippen LogP contribution in [0.2, 0.25) is 0 Å². The van der Waals surface area contributed by atoms with E-state index in [4.69, 9.17) is 9.47 Å². The predicted molar refractivity (Wildman–Crippen MR) is 90.7 cm³/mol. The van der Waals surface area contributed by atoms with Gasteiger partial charge in [-0.05, 0) is 17.7 Å². The first kappa shape index (κ1) is 16.5. The van der Waals surface area contributed by atoms with Gasteiger partial charge in [0.05, 0.1) is 25.7 Å². The SMILES string of the molecule is O=C1C[C@@H](c2ccc(OCC(=O)N3CCOCC3)cc2)n2ncnc2N1. The number of carbonyl (C=O) groups excluding carboxylic acids is 2. The number of amides is 2. The topological polar surface area (TPSA) is 98.6 Å².